The van der Waals surface area contributed by atoms with Crippen LogP contribution in [-0.2, 0) is 0 Å². The second kappa shape index (κ2) is 4.42. The van der Waals surface area contributed by atoms with Gasteiger partial charge in [0.15, 0.2) is 5.83 Å². The van der Waals surface area contributed by atoms with Gasteiger partial charge in [0.05, 0.1) is 0 Å². The summed E-state index contributed by atoms with van der Waals surface area (Å²) in [5.41, 5.74) is -7.00. The van der Waals surface area contributed by atoms with E-state index in [1.54, 1.807) is 0 Å². The zero-order chi connectivity index (χ0) is 15.2. The lowest BCUT2D eigenvalue weighted by Gasteiger charge is -2.36. The maximum absolute atomic E-state index is 12.5. The normalized spacial score (nSPS) is 16.7. The van der Waals surface area contributed by atoms with Crippen LogP contribution in [0.25, 0.3) is 0 Å². The minimum Gasteiger partial charge on any atom is -0.206 e. The summed E-state index contributed by atoms with van der Waals surface area (Å²) in [6.07, 6.45) is -21.7. The zero-order valence-electron chi connectivity index (χ0n) is 7.54. The van der Waals surface area contributed by atoms with Crippen LogP contribution in [0, 0.1) is 5.41 Å². The first-order valence-corrected chi connectivity index (χ1v) is 3.90. The van der Waals surface area contributed by atoms with Gasteiger partial charge in [-0.2, -0.15) is 43.9 Å². The SMILES string of the molecule is F/C(Cl)=C(\F)C(C(F)(F)F)(C(F)(F)F)C(F)(F)F. The third-order valence-corrected chi connectivity index (χ3v) is 1.94. The molecule has 0 aromatic heterocycles. The summed E-state index contributed by atoms with van der Waals surface area (Å²) in [5.74, 6) is -4.21. The Hall–Kier alpha value is -0.740. The van der Waals surface area contributed by atoms with Gasteiger partial charge >= 0.3 is 23.9 Å². The molecule has 0 aliphatic rings. The highest BCUT2D eigenvalue weighted by molar-refractivity contribution is 6.28. The molecule has 0 nitrogen and oxygen atoms in total. The van der Waals surface area contributed by atoms with Crippen molar-refractivity contribution in [2.75, 3.05) is 0 Å². The molecule has 0 rings (SSSR count). The van der Waals surface area contributed by atoms with E-state index < -0.39 is 35.1 Å². The van der Waals surface area contributed by atoms with E-state index in [-0.39, 0.29) is 0 Å². The fourth-order valence-electron chi connectivity index (χ4n) is 0.997. The van der Waals surface area contributed by atoms with Gasteiger partial charge < -0.3 is 0 Å². The fraction of sp³-hybridized carbons (Fsp3) is 0.667. The molecule has 0 heterocycles. The Morgan fingerprint density at radius 1 is 0.611 bits per heavy atom. The van der Waals surface area contributed by atoms with E-state index in [0.717, 1.165) is 0 Å². The third-order valence-electron chi connectivity index (χ3n) is 1.77. The standard InChI is InChI=1S/C6ClF11/c7-2(9)1(8)3(4(10,11)12,5(13,14)15)6(16,17)18/b2-1-. The van der Waals surface area contributed by atoms with E-state index in [4.69, 9.17) is 0 Å². The summed E-state index contributed by atoms with van der Waals surface area (Å²) in [6, 6.07) is 0. The molecule has 108 valence electrons. The average Bonchev–Trinajstić information content (AvgIpc) is 1.94. The van der Waals surface area contributed by atoms with Gasteiger partial charge in [-0.05, 0) is 11.6 Å². The van der Waals surface area contributed by atoms with Crippen LogP contribution in [0.2, 0.25) is 0 Å². The lowest BCUT2D eigenvalue weighted by Crippen LogP contribution is -2.60. The molecule has 0 fully saturated rings. The Bertz CT molecular complexity index is 302. The van der Waals surface area contributed by atoms with Crippen molar-refractivity contribution in [3.8, 4) is 0 Å². The molecule has 0 amide bonds. The summed E-state index contributed by atoms with van der Waals surface area (Å²) in [7, 11) is 0. The van der Waals surface area contributed by atoms with Gasteiger partial charge in [0.1, 0.15) is 0 Å². The Morgan fingerprint density at radius 2 is 0.833 bits per heavy atom. The minimum absolute atomic E-state index is 3.39. The van der Waals surface area contributed by atoms with Crippen molar-refractivity contribution >= 4 is 11.6 Å². The molecule has 0 saturated carbocycles. The van der Waals surface area contributed by atoms with E-state index in [9.17, 15) is 48.3 Å². The molecule has 0 bridgehead atoms. The van der Waals surface area contributed by atoms with Crippen LogP contribution < -0.4 is 0 Å². The van der Waals surface area contributed by atoms with Crippen molar-refractivity contribution in [2.45, 2.75) is 18.5 Å². The van der Waals surface area contributed by atoms with Gasteiger partial charge in [-0.15, -0.1) is 0 Å². The van der Waals surface area contributed by atoms with E-state index in [0.29, 0.717) is 0 Å². The Morgan fingerprint density at radius 3 is 0.889 bits per heavy atom. The molecule has 0 aliphatic carbocycles. The van der Waals surface area contributed by atoms with E-state index in [1.807, 2.05) is 0 Å². The smallest absolute Gasteiger partial charge is 0.206 e. The van der Waals surface area contributed by atoms with Gasteiger partial charge in [-0.25, -0.2) is 4.39 Å². The Labute approximate surface area is 96.0 Å². The van der Waals surface area contributed by atoms with Crippen molar-refractivity contribution in [1.29, 1.82) is 0 Å². The highest BCUT2D eigenvalue weighted by atomic mass is 35.5. The van der Waals surface area contributed by atoms with Gasteiger partial charge in [0.25, 0.3) is 0 Å². The summed E-state index contributed by atoms with van der Waals surface area (Å²) < 4.78 is 133. The first-order valence-electron chi connectivity index (χ1n) is 3.52. The Kier molecular flexibility index (Phi) is 4.24. The number of hydrogen-bond donors (Lipinski definition) is 0. The van der Waals surface area contributed by atoms with Crippen LogP contribution in [0.15, 0.2) is 11.1 Å². The lowest BCUT2D eigenvalue weighted by atomic mass is 9.84. The summed E-state index contributed by atoms with van der Waals surface area (Å²) in [6.45, 7) is 0. The summed E-state index contributed by atoms with van der Waals surface area (Å²) in [5, 5.41) is -3.39. The van der Waals surface area contributed by atoms with Crippen LogP contribution in [0.5, 0.6) is 0 Å². The number of hydrogen-bond acceptors (Lipinski definition) is 0. The molecular formula is C6ClF11. The van der Waals surface area contributed by atoms with Gasteiger partial charge in [0.2, 0.25) is 5.29 Å². The van der Waals surface area contributed by atoms with Crippen LogP contribution >= 0.6 is 11.6 Å². The van der Waals surface area contributed by atoms with E-state index in [2.05, 4.69) is 11.6 Å². The van der Waals surface area contributed by atoms with Crippen molar-refractivity contribution in [1.82, 2.24) is 0 Å². The molecule has 0 aromatic rings. The predicted octanol–water partition coefficient (Wildman–Crippen LogP) is 5.01. The molecule has 0 radical (unpaired) electrons. The van der Waals surface area contributed by atoms with Crippen molar-refractivity contribution in [2.24, 2.45) is 5.41 Å². The van der Waals surface area contributed by atoms with Crippen LogP contribution in [0.4, 0.5) is 48.3 Å². The second-order valence-electron chi connectivity index (χ2n) is 2.82. The monoisotopic (exact) mass is 316 g/mol. The van der Waals surface area contributed by atoms with Crippen molar-refractivity contribution < 1.29 is 48.3 Å². The first kappa shape index (κ1) is 17.3. The van der Waals surface area contributed by atoms with E-state index in [1.165, 1.54) is 0 Å². The van der Waals surface area contributed by atoms with Crippen LogP contribution in [0.1, 0.15) is 0 Å². The number of halogens is 12. The van der Waals surface area contributed by atoms with Gasteiger partial charge in [0, 0.05) is 0 Å². The summed E-state index contributed by atoms with van der Waals surface area (Å²) >= 11 is 3.87. The van der Waals surface area contributed by atoms with Crippen molar-refractivity contribution in [3.05, 3.63) is 11.1 Å². The molecule has 18 heavy (non-hydrogen) atoms. The number of rotatable bonds is 1. The molecule has 0 aromatic carbocycles. The highest BCUT2D eigenvalue weighted by Crippen LogP contribution is 2.64. The van der Waals surface area contributed by atoms with Gasteiger partial charge in [-0.1, -0.05) is 0 Å². The molecule has 0 unspecified atom stereocenters. The summed E-state index contributed by atoms with van der Waals surface area (Å²) in [4.78, 5) is 0. The molecule has 0 N–H and O–H groups in total. The molecule has 0 atom stereocenters. The predicted molar refractivity (Wildman–Crippen MR) is 35.7 cm³/mol. The lowest BCUT2D eigenvalue weighted by molar-refractivity contribution is -0.416. The third kappa shape index (κ3) is 2.36. The zero-order valence-corrected chi connectivity index (χ0v) is 8.29. The number of alkyl halides is 9. The van der Waals surface area contributed by atoms with Crippen LogP contribution in [0.3, 0.4) is 0 Å². The van der Waals surface area contributed by atoms with Gasteiger partial charge in [-0.3, -0.25) is 0 Å². The fourth-order valence-corrected chi connectivity index (χ4v) is 1.14. The van der Waals surface area contributed by atoms with E-state index >= 15 is 0 Å². The Balaban J connectivity index is 6.58. The quantitative estimate of drug-likeness (QED) is 0.597. The first-order chi connectivity index (χ1) is 7.60. The topological polar surface area (TPSA) is 0 Å². The molecule has 0 saturated heterocycles. The largest absolute Gasteiger partial charge is 0.418 e. The second-order valence-corrected chi connectivity index (χ2v) is 3.15. The molecule has 12 heteroatoms. The average molecular weight is 316 g/mol. The highest BCUT2D eigenvalue weighted by Gasteiger charge is 2.87. The van der Waals surface area contributed by atoms with Crippen LogP contribution in [-0.4, -0.2) is 18.5 Å². The molecule has 0 spiro atoms. The molecule has 0 aliphatic heterocycles. The maximum Gasteiger partial charge on any atom is 0.418 e. The maximum atomic E-state index is 12.5. The van der Waals surface area contributed by atoms with Crippen molar-refractivity contribution in [3.63, 3.8) is 0 Å². The molecular weight excluding hydrogens is 316 g/mol. The minimum atomic E-state index is -7.22. The number of allylic oxidation sites excluding steroid dienone is 1.